The third kappa shape index (κ3) is 27.4. The minimum atomic E-state index is -1.54. The molecule has 1 fully saturated rings. The second-order valence-electron chi connectivity index (χ2n) is 14.4. The molecule has 53 heavy (non-hydrogen) atoms. The molecule has 0 saturated carbocycles. The fourth-order valence-electron chi connectivity index (χ4n) is 6.19. The van der Waals surface area contributed by atoms with Crippen LogP contribution in [0.3, 0.4) is 0 Å². The van der Waals surface area contributed by atoms with Crippen LogP contribution in [0.25, 0.3) is 0 Å². The van der Waals surface area contributed by atoms with Gasteiger partial charge in [0.05, 0.1) is 19.8 Å². The summed E-state index contributed by atoms with van der Waals surface area (Å²) in [4.78, 5) is 12.7. The maximum absolute atomic E-state index is 12.7. The van der Waals surface area contributed by atoms with Crippen LogP contribution in [0.15, 0.2) is 48.6 Å². The summed E-state index contributed by atoms with van der Waals surface area (Å²) >= 11 is 0. The van der Waals surface area contributed by atoms with E-state index in [1.165, 1.54) is 70.6 Å². The topological polar surface area (TPSA) is 135 Å². The SMILES string of the molecule is CC/C=C\C/C=C\C/C=C\C/C=C\CCCCCCCOCC(COC1OC(CO)C(O)C(O)C1O)OC(=O)CCCCCCCCCCCCCC. The van der Waals surface area contributed by atoms with Gasteiger partial charge in [-0.15, -0.1) is 0 Å². The van der Waals surface area contributed by atoms with Gasteiger partial charge in [0, 0.05) is 13.0 Å². The number of rotatable bonds is 35. The first-order valence-corrected chi connectivity index (χ1v) is 21.2. The van der Waals surface area contributed by atoms with Gasteiger partial charge >= 0.3 is 5.97 Å². The molecule has 0 aromatic heterocycles. The van der Waals surface area contributed by atoms with E-state index in [0.29, 0.717) is 13.0 Å². The first kappa shape index (κ1) is 49.2. The van der Waals surface area contributed by atoms with Crippen molar-refractivity contribution in [3.63, 3.8) is 0 Å². The Labute approximate surface area is 322 Å². The van der Waals surface area contributed by atoms with Crippen LogP contribution >= 0.6 is 0 Å². The molecule has 0 radical (unpaired) electrons. The lowest BCUT2D eigenvalue weighted by atomic mass is 9.99. The number of hydrogen-bond acceptors (Lipinski definition) is 9. The highest BCUT2D eigenvalue weighted by Crippen LogP contribution is 2.22. The van der Waals surface area contributed by atoms with Crippen LogP contribution in [-0.4, -0.2) is 89.6 Å². The van der Waals surface area contributed by atoms with Crippen molar-refractivity contribution in [3.05, 3.63) is 48.6 Å². The predicted molar refractivity (Wildman–Crippen MR) is 215 cm³/mol. The van der Waals surface area contributed by atoms with Crippen molar-refractivity contribution in [2.24, 2.45) is 0 Å². The minimum Gasteiger partial charge on any atom is -0.457 e. The molecule has 0 bridgehead atoms. The van der Waals surface area contributed by atoms with Crippen LogP contribution in [0.4, 0.5) is 0 Å². The smallest absolute Gasteiger partial charge is 0.306 e. The molecule has 0 aromatic rings. The van der Waals surface area contributed by atoms with Gasteiger partial charge in [0.1, 0.15) is 30.5 Å². The van der Waals surface area contributed by atoms with Gasteiger partial charge in [-0.1, -0.05) is 152 Å². The summed E-state index contributed by atoms with van der Waals surface area (Å²) in [6.07, 6.45) is 35.6. The molecule has 6 atom stereocenters. The Morgan fingerprint density at radius 1 is 0.623 bits per heavy atom. The quantitative estimate of drug-likeness (QED) is 0.0285. The van der Waals surface area contributed by atoms with Crippen molar-refractivity contribution in [2.45, 2.75) is 198 Å². The molecule has 9 heteroatoms. The van der Waals surface area contributed by atoms with Gasteiger partial charge in [-0.05, 0) is 51.4 Å². The van der Waals surface area contributed by atoms with Gasteiger partial charge in [-0.2, -0.15) is 0 Å². The maximum Gasteiger partial charge on any atom is 0.306 e. The number of unbranched alkanes of at least 4 members (excludes halogenated alkanes) is 16. The Bertz CT molecular complexity index is 947. The number of hydrogen-bond donors (Lipinski definition) is 4. The molecule has 9 nitrogen and oxygen atoms in total. The van der Waals surface area contributed by atoms with Gasteiger partial charge in [-0.25, -0.2) is 0 Å². The average molecular weight is 751 g/mol. The zero-order valence-electron chi connectivity index (χ0n) is 33.5. The number of allylic oxidation sites excluding steroid dienone is 8. The number of esters is 1. The van der Waals surface area contributed by atoms with E-state index in [9.17, 15) is 25.2 Å². The van der Waals surface area contributed by atoms with Crippen LogP contribution < -0.4 is 0 Å². The Kier molecular flexibility index (Phi) is 33.2. The van der Waals surface area contributed by atoms with Crippen LogP contribution in [0, 0.1) is 0 Å². The second-order valence-corrected chi connectivity index (χ2v) is 14.4. The molecule has 0 spiro atoms. The Balaban J connectivity index is 2.30. The van der Waals surface area contributed by atoms with E-state index in [2.05, 4.69) is 62.5 Å². The standard InChI is InChI=1S/C44H78O9/c1-3-5-7-9-11-13-15-17-18-19-20-21-22-24-26-28-30-32-34-50-36-38(37-51-44-43(49)42(48)41(47)39(35-45)53-44)52-40(46)33-31-29-27-25-23-16-14-12-10-8-6-4-2/h5,7,11,13,17-18,20-21,38-39,41-45,47-49H,3-4,6,8-10,12,14-16,19,22-37H2,1-2H3/b7-5-,13-11-,18-17-,21-20-. The lowest BCUT2D eigenvalue weighted by Crippen LogP contribution is -2.59. The first-order chi connectivity index (χ1) is 25.9. The van der Waals surface area contributed by atoms with Gasteiger partial charge in [0.15, 0.2) is 6.29 Å². The summed E-state index contributed by atoms with van der Waals surface area (Å²) in [5.41, 5.74) is 0. The molecule has 1 saturated heterocycles. The Hall–Kier alpha value is -1.85. The second kappa shape index (κ2) is 35.8. The summed E-state index contributed by atoms with van der Waals surface area (Å²) in [5, 5.41) is 40.0. The lowest BCUT2D eigenvalue weighted by molar-refractivity contribution is -0.305. The van der Waals surface area contributed by atoms with Crippen molar-refractivity contribution in [1.82, 2.24) is 0 Å². The highest BCUT2D eigenvalue weighted by atomic mass is 16.7. The molecular weight excluding hydrogens is 672 g/mol. The Morgan fingerprint density at radius 3 is 1.74 bits per heavy atom. The molecular formula is C44H78O9. The fraction of sp³-hybridized carbons (Fsp3) is 0.795. The van der Waals surface area contributed by atoms with Crippen LogP contribution in [0.5, 0.6) is 0 Å². The van der Waals surface area contributed by atoms with Crippen molar-refractivity contribution < 1.29 is 44.2 Å². The largest absolute Gasteiger partial charge is 0.457 e. The highest BCUT2D eigenvalue weighted by Gasteiger charge is 2.44. The fourth-order valence-corrected chi connectivity index (χ4v) is 6.19. The highest BCUT2D eigenvalue weighted by molar-refractivity contribution is 5.69. The molecule has 6 unspecified atom stereocenters. The van der Waals surface area contributed by atoms with Crippen molar-refractivity contribution in [3.8, 4) is 0 Å². The maximum atomic E-state index is 12.7. The number of carbonyl (C=O) groups excluding carboxylic acids is 1. The van der Waals surface area contributed by atoms with Crippen LogP contribution in [-0.2, 0) is 23.7 Å². The van der Waals surface area contributed by atoms with Crippen molar-refractivity contribution in [2.75, 3.05) is 26.4 Å². The summed E-state index contributed by atoms with van der Waals surface area (Å²) < 4.78 is 22.7. The van der Waals surface area contributed by atoms with Gasteiger partial charge < -0.3 is 39.4 Å². The number of carbonyl (C=O) groups is 1. The van der Waals surface area contributed by atoms with E-state index in [-0.39, 0.29) is 19.2 Å². The number of ether oxygens (including phenoxy) is 4. The predicted octanol–water partition coefficient (Wildman–Crippen LogP) is 8.97. The molecule has 1 heterocycles. The minimum absolute atomic E-state index is 0.121. The van der Waals surface area contributed by atoms with E-state index in [0.717, 1.165) is 70.6 Å². The van der Waals surface area contributed by atoms with E-state index in [1.807, 2.05) is 0 Å². The summed E-state index contributed by atoms with van der Waals surface area (Å²) in [7, 11) is 0. The van der Waals surface area contributed by atoms with Crippen molar-refractivity contribution >= 4 is 5.97 Å². The summed E-state index contributed by atoms with van der Waals surface area (Å²) in [6, 6.07) is 0. The van der Waals surface area contributed by atoms with Crippen molar-refractivity contribution in [1.29, 1.82) is 0 Å². The van der Waals surface area contributed by atoms with E-state index in [1.54, 1.807) is 0 Å². The van der Waals surface area contributed by atoms with Gasteiger partial charge in [0.25, 0.3) is 0 Å². The zero-order chi connectivity index (χ0) is 38.6. The monoisotopic (exact) mass is 751 g/mol. The molecule has 0 aromatic carbocycles. The molecule has 1 aliphatic heterocycles. The third-order valence-corrected chi connectivity index (χ3v) is 9.51. The number of aliphatic hydroxyl groups is 4. The Morgan fingerprint density at radius 2 is 1.15 bits per heavy atom. The van der Waals surface area contributed by atoms with E-state index >= 15 is 0 Å². The molecule has 0 aliphatic carbocycles. The van der Waals surface area contributed by atoms with Crippen LogP contribution in [0.2, 0.25) is 0 Å². The van der Waals surface area contributed by atoms with E-state index in [4.69, 9.17) is 18.9 Å². The zero-order valence-corrected chi connectivity index (χ0v) is 33.5. The lowest BCUT2D eigenvalue weighted by Gasteiger charge is -2.39. The summed E-state index contributed by atoms with van der Waals surface area (Å²) in [5.74, 6) is -0.323. The molecule has 1 rings (SSSR count). The van der Waals surface area contributed by atoms with Gasteiger partial charge in [0.2, 0.25) is 0 Å². The number of aliphatic hydroxyl groups excluding tert-OH is 4. The normalized spacial score (nSPS) is 21.5. The van der Waals surface area contributed by atoms with Gasteiger partial charge in [-0.3, -0.25) is 4.79 Å². The van der Waals surface area contributed by atoms with E-state index < -0.39 is 43.4 Å². The molecule has 4 N–H and O–H groups in total. The molecule has 0 amide bonds. The van der Waals surface area contributed by atoms with Crippen LogP contribution in [0.1, 0.15) is 162 Å². The summed E-state index contributed by atoms with van der Waals surface area (Å²) in [6.45, 7) is 4.39. The molecule has 1 aliphatic rings. The first-order valence-electron chi connectivity index (χ1n) is 21.2. The third-order valence-electron chi connectivity index (χ3n) is 9.51. The molecule has 308 valence electrons. The average Bonchev–Trinajstić information content (AvgIpc) is 3.16.